The summed E-state index contributed by atoms with van der Waals surface area (Å²) in [5.41, 5.74) is 1.85. The zero-order chi connectivity index (χ0) is 20.9. The van der Waals surface area contributed by atoms with Gasteiger partial charge in [-0.15, -0.1) is 0 Å². The molecule has 2 aromatic carbocycles. The Morgan fingerprint density at radius 2 is 1.46 bits per heavy atom. The molecule has 0 bridgehead atoms. The number of amides is 1. The Kier molecular flexibility index (Phi) is 10.3. The van der Waals surface area contributed by atoms with Gasteiger partial charge in [-0.3, -0.25) is 14.4 Å². The third-order valence-electron chi connectivity index (χ3n) is 4.01. The number of carbonyl (C=O) groups is 3. The maximum absolute atomic E-state index is 12.0. The fraction of sp³-hybridized carbons (Fsp3) is 0.348. The Hall–Kier alpha value is -2.95. The van der Waals surface area contributed by atoms with Crippen molar-refractivity contribution in [2.75, 3.05) is 6.54 Å². The van der Waals surface area contributed by atoms with Crippen molar-refractivity contribution in [2.24, 2.45) is 11.8 Å². The number of ketones is 1. The predicted molar refractivity (Wildman–Crippen MR) is 110 cm³/mol. The molecule has 1 unspecified atom stereocenters. The number of carbonyl (C=O) groups excluding carboxylic acids is 2. The Morgan fingerprint density at radius 3 is 1.89 bits per heavy atom. The van der Waals surface area contributed by atoms with Crippen molar-refractivity contribution in [2.45, 2.75) is 33.6 Å². The molecule has 2 N–H and O–H groups in total. The van der Waals surface area contributed by atoms with Crippen molar-refractivity contribution in [1.82, 2.24) is 5.32 Å². The molecule has 5 heteroatoms. The van der Waals surface area contributed by atoms with E-state index in [9.17, 15) is 14.4 Å². The highest BCUT2D eigenvalue weighted by Gasteiger charge is 2.23. The van der Waals surface area contributed by atoms with Crippen LogP contribution in [0.1, 0.15) is 42.6 Å². The van der Waals surface area contributed by atoms with Crippen molar-refractivity contribution in [3.8, 4) is 0 Å². The summed E-state index contributed by atoms with van der Waals surface area (Å²) >= 11 is 0. The van der Waals surface area contributed by atoms with Crippen LogP contribution in [0.3, 0.4) is 0 Å². The second-order valence-electron chi connectivity index (χ2n) is 7.09. The monoisotopic (exact) mass is 383 g/mol. The van der Waals surface area contributed by atoms with Gasteiger partial charge in [0.1, 0.15) is 0 Å². The van der Waals surface area contributed by atoms with Crippen molar-refractivity contribution in [3.05, 3.63) is 71.8 Å². The van der Waals surface area contributed by atoms with Gasteiger partial charge in [-0.1, -0.05) is 80.1 Å². The quantitative estimate of drug-likeness (QED) is 0.672. The zero-order valence-electron chi connectivity index (χ0n) is 16.7. The maximum Gasteiger partial charge on any atom is 0.304 e. The molecule has 0 aliphatic carbocycles. The summed E-state index contributed by atoms with van der Waals surface area (Å²) in [5.74, 6) is -1.97. The molecular formula is C23H29NO4. The lowest BCUT2D eigenvalue weighted by Crippen LogP contribution is -2.36. The zero-order valence-corrected chi connectivity index (χ0v) is 16.7. The van der Waals surface area contributed by atoms with Crippen LogP contribution in [0.2, 0.25) is 0 Å². The fourth-order valence-electron chi connectivity index (χ4n) is 2.64. The maximum atomic E-state index is 12.0. The van der Waals surface area contributed by atoms with Crippen molar-refractivity contribution in [1.29, 1.82) is 0 Å². The van der Waals surface area contributed by atoms with E-state index in [1.807, 2.05) is 32.0 Å². The van der Waals surface area contributed by atoms with E-state index in [1.54, 1.807) is 30.3 Å². The fourth-order valence-corrected chi connectivity index (χ4v) is 2.64. The topological polar surface area (TPSA) is 83.5 Å². The summed E-state index contributed by atoms with van der Waals surface area (Å²) in [6.45, 7) is 5.82. The first kappa shape index (κ1) is 23.1. The van der Waals surface area contributed by atoms with Gasteiger partial charge in [-0.2, -0.15) is 0 Å². The lowest BCUT2D eigenvalue weighted by Gasteiger charge is -2.16. The standard InChI is InChI=1S/C16H21NO4.C7H8/c1-11(2)8-13(9-15(19)20)16(21)17-10-14(18)12-6-4-3-5-7-12;1-7-5-3-2-4-6-7/h3-7,11,13H,8-10H2,1-2H3,(H,17,21)(H,19,20);2-6H,1H3. The number of rotatable bonds is 8. The lowest BCUT2D eigenvalue weighted by atomic mass is 9.93. The number of hydrogen-bond acceptors (Lipinski definition) is 3. The second-order valence-corrected chi connectivity index (χ2v) is 7.09. The molecule has 5 nitrogen and oxygen atoms in total. The van der Waals surface area contributed by atoms with Crippen molar-refractivity contribution >= 4 is 17.7 Å². The van der Waals surface area contributed by atoms with E-state index >= 15 is 0 Å². The van der Waals surface area contributed by atoms with Gasteiger partial charge >= 0.3 is 5.97 Å². The van der Waals surface area contributed by atoms with E-state index < -0.39 is 11.9 Å². The number of aliphatic carboxylic acids is 1. The molecule has 0 saturated carbocycles. The van der Waals surface area contributed by atoms with Crippen LogP contribution in [-0.2, 0) is 9.59 Å². The number of Topliss-reactive ketones (excluding diaryl/α,β-unsaturated/α-hetero) is 1. The first-order chi connectivity index (χ1) is 13.3. The average Bonchev–Trinajstić information content (AvgIpc) is 2.66. The van der Waals surface area contributed by atoms with Crippen LogP contribution in [0, 0.1) is 18.8 Å². The highest BCUT2D eigenvalue weighted by Crippen LogP contribution is 2.15. The van der Waals surface area contributed by atoms with Gasteiger partial charge in [-0.25, -0.2) is 0 Å². The van der Waals surface area contributed by atoms with E-state index in [-0.39, 0.29) is 30.6 Å². The number of carboxylic acids is 1. The van der Waals surface area contributed by atoms with Crippen LogP contribution in [0.5, 0.6) is 0 Å². The molecule has 0 saturated heterocycles. The minimum atomic E-state index is -1.01. The minimum absolute atomic E-state index is 0.114. The number of aryl methyl sites for hydroxylation is 1. The molecule has 0 aliphatic rings. The van der Waals surface area contributed by atoms with Gasteiger partial charge in [0.2, 0.25) is 5.91 Å². The molecule has 1 atom stereocenters. The van der Waals surface area contributed by atoms with Crippen LogP contribution in [0.4, 0.5) is 0 Å². The summed E-state index contributed by atoms with van der Waals surface area (Å²) in [6.07, 6.45) is 0.265. The average molecular weight is 383 g/mol. The number of benzene rings is 2. The molecule has 0 spiro atoms. The SMILES string of the molecule is CC(C)CC(CC(=O)O)C(=O)NCC(=O)c1ccccc1.Cc1ccccc1. The predicted octanol–water partition coefficient (Wildman–Crippen LogP) is 4.12. The largest absolute Gasteiger partial charge is 0.481 e. The first-order valence-corrected chi connectivity index (χ1v) is 9.39. The minimum Gasteiger partial charge on any atom is -0.481 e. The highest BCUT2D eigenvalue weighted by molar-refractivity contribution is 5.99. The summed E-state index contributed by atoms with van der Waals surface area (Å²) < 4.78 is 0. The van der Waals surface area contributed by atoms with Gasteiger partial charge in [0.05, 0.1) is 13.0 Å². The van der Waals surface area contributed by atoms with Gasteiger partial charge < -0.3 is 10.4 Å². The van der Waals surface area contributed by atoms with E-state index in [0.717, 1.165) is 0 Å². The Labute approximate surface area is 166 Å². The molecule has 2 aromatic rings. The molecule has 2 rings (SSSR count). The molecule has 150 valence electrons. The molecule has 0 fully saturated rings. The number of carboxylic acid groups (broad SMARTS) is 1. The Morgan fingerprint density at radius 1 is 0.929 bits per heavy atom. The molecule has 0 heterocycles. The van der Waals surface area contributed by atoms with Gasteiger partial charge in [0, 0.05) is 11.5 Å². The normalized spacial score (nSPS) is 11.1. The third-order valence-corrected chi connectivity index (χ3v) is 4.01. The molecule has 0 radical (unpaired) electrons. The van der Waals surface area contributed by atoms with E-state index in [4.69, 9.17) is 5.11 Å². The molecule has 0 aromatic heterocycles. The van der Waals surface area contributed by atoms with Crippen molar-refractivity contribution < 1.29 is 19.5 Å². The number of nitrogens with one attached hydrogen (secondary N) is 1. The number of hydrogen-bond donors (Lipinski definition) is 2. The second kappa shape index (κ2) is 12.4. The van der Waals surface area contributed by atoms with E-state index in [0.29, 0.717) is 12.0 Å². The molecule has 1 amide bonds. The third kappa shape index (κ3) is 9.67. The Balaban J connectivity index is 0.000000467. The molecular weight excluding hydrogens is 354 g/mol. The summed E-state index contributed by atoms with van der Waals surface area (Å²) in [7, 11) is 0. The molecule has 0 aliphatic heterocycles. The summed E-state index contributed by atoms with van der Waals surface area (Å²) in [5, 5.41) is 11.4. The van der Waals surface area contributed by atoms with Gasteiger partial charge in [0.15, 0.2) is 5.78 Å². The van der Waals surface area contributed by atoms with Crippen LogP contribution < -0.4 is 5.32 Å². The summed E-state index contributed by atoms with van der Waals surface area (Å²) in [4.78, 5) is 34.7. The van der Waals surface area contributed by atoms with Crippen LogP contribution in [0.25, 0.3) is 0 Å². The van der Waals surface area contributed by atoms with E-state index in [1.165, 1.54) is 5.56 Å². The first-order valence-electron chi connectivity index (χ1n) is 9.39. The smallest absolute Gasteiger partial charge is 0.304 e. The van der Waals surface area contributed by atoms with Gasteiger partial charge in [-0.05, 0) is 19.3 Å². The highest BCUT2D eigenvalue weighted by atomic mass is 16.4. The van der Waals surface area contributed by atoms with Crippen LogP contribution in [0.15, 0.2) is 60.7 Å². The lowest BCUT2D eigenvalue weighted by molar-refractivity contribution is -0.141. The summed E-state index contributed by atoms with van der Waals surface area (Å²) in [6, 6.07) is 18.9. The van der Waals surface area contributed by atoms with Gasteiger partial charge in [0.25, 0.3) is 0 Å². The van der Waals surface area contributed by atoms with Crippen molar-refractivity contribution in [3.63, 3.8) is 0 Å². The van der Waals surface area contributed by atoms with E-state index in [2.05, 4.69) is 24.4 Å². The molecule has 28 heavy (non-hydrogen) atoms. The Bertz CT molecular complexity index is 742. The van der Waals surface area contributed by atoms with Crippen LogP contribution in [-0.4, -0.2) is 29.3 Å². The van der Waals surface area contributed by atoms with Crippen LogP contribution >= 0.6 is 0 Å².